The molecule has 0 aromatic heterocycles. The number of aliphatic hydroxyl groups excluding tert-OH is 1. The van der Waals surface area contributed by atoms with E-state index < -0.39 is 57.1 Å². The SMILES string of the molecule is CC(C)CN(CC(O)C(Cc1ccccc1)NC(=O)C(NC(=O)CNCc1cc(F)cc(F)c1)C(C)(C)C)S(=O)(=O)c1ccc2c(c1)CCO2. The average Bonchev–Trinajstić information content (AvgIpc) is 3.50. The van der Waals surface area contributed by atoms with E-state index >= 15 is 0 Å². The molecule has 3 aromatic carbocycles. The van der Waals surface area contributed by atoms with Crippen LogP contribution in [0.25, 0.3) is 0 Å². The van der Waals surface area contributed by atoms with Crippen LogP contribution in [0.4, 0.5) is 8.78 Å². The summed E-state index contributed by atoms with van der Waals surface area (Å²) in [5.74, 6) is -1.95. The Balaban J connectivity index is 1.52. The van der Waals surface area contributed by atoms with E-state index in [1.807, 2.05) is 44.2 Å². The summed E-state index contributed by atoms with van der Waals surface area (Å²) in [4.78, 5) is 27.0. The number of nitrogens with zero attached hydrogens (tertiary/aromatic N) is 1. The zero-order valence-electron chi connectivity index (χ0n) is 29.2. The number of amides is 2. The number of ether oxygens (including phenoxy) is 1. The molecular weight excluding hydrogens is 666 g/mol. The largest absolute Gasteiger partial charge is 0.493 e. The van der Waals surface area contributed by atoms with Gasteiger partial charge in [0.1, 0.15) is 23.4 Å². The van der Waals surface area contributed by atoms with Crippen molar-refractivity contribution in [2.75, 3.05) is 26.2 Å². The Kier molecular flexibility index (Phi) is 13.1. The van der Waals surface area contributed by atoms with E-state index in [0.29, 0.717) is 24.3 Å². The lowest BCUT2D eigenvalue weighted by Crippen LogP contribution is -2.59. The third kappa shape index (κ3) is 10.8. The minimum absolute atomic E-state index is 0.0227. The fourth-order valence-electron chi connectivity index (χ4n) is 5.82. The molecule has 272 valence electrons. The van der Waals surface area contributed by atoms with Crippen molar-refractivity contribution < 1.29 is 36.6 Å². The summed E-state index contributed by atoms with van der Waals surface area (Å²) in [7, 11) is -4.04. The molecule has 2 amide bonds. The molecule has 0 fully saturated rings. The number of sulfonamides is 1. The second kappa shape index (κ2) is 16.9. The molecule has 0 saturated heterocycles. The molecule has 0 saturated carbocycles. The summed E-state index contributed by atoms with van der Waals surface area (Å²) in [6, 6.07) is 15.1. The van der Waals surface area contributed by atoms with E-state index in [9.17, 15) is 31.9 Å². The molecule has 10 nitrogen and oxygen atoms in total. The first kappa shape index (κ1) is 38.9. The van der Waals surface area contributed by atoms with Crippen molar-refractivity contribution >= 4 is 21.8 Å². The monoisotopic (exact) mass is 714 g/mol. The molecular formula is C37H48F2N4O6S. The summed E-state index contributed by atoms with van der Waals surface area (Å²) in [6.45, 7) is 9.23. The first-order valence-corrected chi connectivity index (χ1v) is 18.2. The first-order chi connectivity index (χ1) is 23.5. The van der Waals surface area contributed by atoms with E-state index in [2.05, 4.69) is 16.0 Å². The highest BCUT2D eigenvalue weighted by Gasteiger charge is 2.37. The first-order valence-electron chi connectivity index (χ1n) is 16.8. The Hall–Kier alpha value is -3.91. The molecule has 50 heavy (non-hydrogen) atoms. The zero-order chi connectivity index (χ0) is 36.6. The number of benzene rings is 3. The van der Waals surface area contributed by atoms with E-state index in [-0.39, 0.29) is 43.4 Å². The third-order valence-electron chi connectivity index (χ3n) is 8.32. The second-order valence-corrected chi connectivity index (χ2v) is 16.1. The maximum Gasteiger partial charge on any atom is 0.243 e. The molecule has 1 aliphatic rings. The fourth-order valence-corrected chi connectivity index (χ4v) is 7.50. The van der Waals surface area contributed by atoms with E-state index in [1.165, 1.54) is 10.4 Å². The highest BCUT2D eigenvalue weighted by molar-refractivity contribution is 7.89. The van der Waals surface area contributed by atoms with Crippen molar-refractivity contribution in [2.24, 2.45) is 11.3 Å². The molecule has 0 bridgehead atoms. The van der Waals surface area contributed by atoms with Gasteiger partial charge in [0.05, 0.1) is 30.2 Å². The van der Waals surface area contributed by atoms with Crippen molar-refractivity contribution in [1.29, 1.82) is 0 Å². The van der Waals surface area contributed by atoms with Crippen LogP contribution in [0, 0.1) is 23.0 Å². The summed E-state index contributed by atoms with van der Waals surface area (Å²) < 4.78 is 61.9. The third-order valence-corrected chi connectivity index (χ3v) is 10.1. The lowest BCUT2D eigenvalue weighted by molar-refractivity contribution is -0.132. The number of fused-ring (bicyclic) bond motifs is 1. The van der Waals surface area contributed by atoms with Crippen LogP contribution in [0.2, 0.25) is 0 Å². The number of hydrogen-bond acceptors (Lipinski definition) is 7. The van der Waals surface area contributed by atoms with Crippen LogP contribution in [0.15, 0.2) is 71.6 Å². The maximum absolute atomic E-state index is 14.0. The van der Waals surface area contributed by atoms with E-state index in [4.69, 9.17) is 4.74 Å². The number of hydrogen-bond donors (Lipinski definition) is 4. The highest BCUT2D eigenvalue weighted by Crippen LogP contribution is 2.29. The van der Waals surface area contributed by atoms with Crippen molar-refractivity contribution in [2.45, 2.75) is 77.1 Å². The molecule has 1 aliphatic heterocycles. The summed E-state index contributed by atoms with van der Waals surface area (Å²) in [5.41, 5.74) is 1.16. The smallest absolute Gasteiger partial charge is 0.243 e. The van der Waals surface area contributed by atoms with Crippen LogP contribution in [0.5, 0.6) is 5.75 Å². The van der Waals surface area contributed by atoms with Crippen molar-refractivity contribution in [3.8, 4) is 5.75 Å². The second-order valence-electron chi connectivity index (χ2n) is 14.2. The van der Waals surface area contributed by atoms with Gasteiger partial charge in [0.2, 0.25) is 21.8 Å². The Bertz CT molecular complexity index is 1710. The Labute approximate surface area is 293 Å². The van der Waals surface area contributed by atoms with Crippen LogP contribution < -0.4 is 20.7 Å². The van der Waals surface area contributed by atoms with Crippen molar-refractivity contribution in [1.82, 2.24) is 20.3 Å². The van der Waals surface area contributed by atoms with Crippen LogP contribution >= 0.6 is 0 Å². The number of halogens is 2. The summed E-state index contributed by atoms with van der Waals surface area (Å²) >= 11 is 0. The van der Waals surface area contributed by atoms with E-state index in [0.717, 1.165) is 29.3 Å². The molecule has 0 spiro atoms. The zero-order valence-corrected chi connectivity index (χ0v) is 30.0. The molecule has 13 heteroatoms. The van der Waals surface area contributed by atoms with Gasteiger partial charge < -0.3 is 25.8 Å². The standard InChI is InChI=1S/C37H48F2N4O6S/c1-24(2)22-43(50(47,48)30-11-12-33-27(18-30)13-14-49-33)23-32(44)31(17-25-9-7-6-8-10-25)41-36(46)35(37(3,4)5)42-34(45)21-40-20-26-15-28(38)19-29(39)16-26/h6-12,15-16,18-19,24,31-32,35,40,44H,13-14,17,20-23H2,1-5H3,(H,41,46)(H,42,45). The molecule has 1 heterocycles. The highest BCUT2D eigenvalue weighted by atomic mass is 32.2. The Morgan fingerprint density at radius 1 is 0.940 bits per heavy atom. The van der Waals surface area contributed by atoms with Crippen molar-refractivity contribution in [3.63, 3.8) is 0 Å². The number of rotatable bonds is 16. The predicted molar refractivity (Wildman–Crippen MR) is 187 cm³/mol. The van der Waals surface area contributed by atoms with Crippen LogP contribution in [-0.2, 0) is 39.0 Å². The van der Waals surface area contributed by atoms with Crippen LogP contribution in [0.1, 0.15) is 51.3 Å². The van der Waals surface area contributed by atoms with Gasteiger partial charge in [0.25, 0.3) is 0 Å². The lowest BCUT2D eigenvalue weighted by atomic mass is 9.85. The van der Waals surface area contributed by atoms with Gasteiger partial charge in [0.15, 0.2) is 0 Å². The average molecular weight is 715 g/mol. The fraction of sp³-hybridized carbons (Fsp3) is 0.459. The quantitative estimate of drug-likeness (QED) is 0.177. The number of aliphatic hydroxyl groups is 1. The van der Waals surface area contributed by atoms with Gasteiger partial charge in [-0.1, -0.05) is 65.0 Å². The van der Waals surface area contributed by atoms with Gasteiger partial charge in [-0.05, 0) is 64.8 Å². The van der Waals surface area contributed by atoms with Gasteiger partial charge in [-0.15, -0.1) is 0 Å². The Morgan fingerprint density at radius 3 is 2.26 bits per heavy atom. The lowest BCUT2D eigenvalue weighted by Gasteiger charge is -2.34. The topological polar surface area (TPSA) is 137 Å². The molecule has 0 aliphatic carbocycles. The van der Waals surface area contributed by atoms with E-state index in [1.54, 1.807) is 32.9 Å². The molecule has 3 atom stereocenters. The summed E-state index contributed by atoms with van der Waals surface area (Å²) in [5, 5.41) is 20.2. The van der Waals surface area contributed by atoms with Gasteiger partial charge in [-0.25, -0.2) is 17.2 Å². The normalized spacial score (nSPS) is 14.9. The van der Waals surface area contributed by atoms with Crippen LogP contribution in [-0.4, -0.2) is 74.1 Å². The van der Waals surface area contributed by atoms with Gasteiger partial charge >= 0.3 is 0 Å². The molecule has 3 unspecified atom stereocenters. The maximum atomic E-state index is 14.0. The number of carbonyl (C=O) groups is 2. The van der Waals surface area contributed by atoms with Gasteiger partial charge in [0, 0.05) is 32.1 Å². The van der Waals surface area contributed by atoms with Crippen LogP contribution in [0.3, 0.4) is 0 Å². The Morgan fingerprint density at radius 2 is 1.62 bits per heavy atom. The number of carbonyl (C=O) groups excluding carboxylic acids is 2. The molecule has 4 rings (SSSR count). The minimum atomic E-state index is -4.04. The molecule has 3 aromatic rings. The predicted octanol–water partition coefficient (Wildman–Crippen LogP) is 3.96. The molecule has 0 radical (unpaired) electrons. The van der Waals surface area contributed by atoms with Gasteiger partial charge in [-0.3, -0.25) is 9.59 Å². The minimum Gasteiger partial charge on any atom is -0.493 e. The van der Waals surface area contributed by atoms with Gasteiger partial charge in [-0.2, -0.15) is 4.31 Å². The molecule has 4 N–H and O–H groups in total. The number of nitrogens with one attached hydrogen (secondary N) is 3. The summed E-state index contributed by atoms with van der Waals surface area (Å²) in [6.07, 6.45) is -0.531. The van der Waals surface area contributed by atoms with Crippen molar-refractivity contribution in [3.05, 3.63) is 95.1 Å².